The highest BCUT2D eigenvalue weighted by Gasteiger charge is 2.29. The minimum atomic E-state index is -0.585. The van der Waals surface area contributed by atoms with Crippen molar-refractivity contribution in [2.45, 2.75) is 65.1 Å². The van der Waals surface area contributed by atoms with Crippen LogP contribution < -0.4 is 14.8 Å². The lowest BCUT2D eigenvalue weighted by Gasteiger charge is -2.31. The molecule has 8 heteroatoms. The van der Waals surface area contributed by atoms with Crippen LogP contribution in [0.1, 0.15) is 52.0 Å². The number of benzene rings is 2. The van der Waals surface area contributed by atoms with Crippen LogP contribution in [-0.4, -0.2) is 42.5 Å². The number of methoxy groups -OCH3 is 1. The Morgan fingerprint density at radius 3 is 2.26 bits per heavy atom. The fourth-order valence-electron chi connectivity index (χ4n) is 3.42. The zero-order valence-electron chi connectivity index (χ0n) is 20.3. The number of amides is 2. The van der Waals surface area contributed by atoms with Gasteiger partial charge in [0.05, 0.1) is 23.8 Å². The monoisotopic (exact) mass is 508 g/mol. The lowest BCUT2D eigenvalue weighted by Crippen LogP contribution is -2.50. The van der Waals surface area contributed by atoms with Crippen LogP contribution in [0.4, 0.5) is 0 Å². The Balaban J connectivity index is 2.08. The number of carbonyl (C=O) groups excluding carboxylic acids is 2. The van der Waals surface area contributed by atoms with Gasteiger partial charge in [-0.2, -0.15) is 0 Å². The van der Waals surface area contributed by atoms with E-state index in [1.54, 1.807) is 24.1 Å². The van der Waals surface area contributed by atoms with Crippen molar-refractivity contribution in [2.75, 3.05) is 13.7 Å². The number of nitrogens with one attached hydrogen (secondary N) is 1. The molecule has 2 rings (SSSR count). The molecule has 0 aliphatic heterocycles. The van der Waals surface area contributed by atoms with E-state index >= 15 is 0 Å². The van der Waals surface area contributed by atoms with Crippen LogP contribution in [0.3, 0.4) is 0 Å². The van der Waals surface area contributed by atoms with E-state index in [4.69, 9.17) is 32.7 Å². The van der Waals surface area contributed by atoms with Crippen molar-refractivity contribution >= 4 is 35.0 Å². The second-order valence-corrected chi connectivity index (χ2v) is 8.95. The Labute approximate surface area is 212 Å². The van der Waals surface area contributed by atoms with Gasteiger partial charge in [0.1, 0.15) is 17.5 Å². The van der Waals surface area contributed by atoms with Crippen LogP contribution in [0.15, 0.2) is 42.5 Å². The van der Waals surface area contributed by atoms with Gasteiger partial charge in [-0.3, -0.25) is 9.59 Å². The number of nitrogens with zero attached hydrogens (tertiary/aromatic N) is 1. The number of carbonyl (C=O) groups is 2. The topological polar surface area (TPSA) is 67.9 Å². The summed E-state index contributed by atoms with van der Waals surface area (Å²) in [5, 5.41) is 3.86. The van der Waals surface area contributed by atoms with Gasteiger partial charge in [0.2, 0.25) is 11.8 Å². The first kappa shape index (κ1) is 27.8. The Bertz CT molecular complexity index is 937. The summed E-state index contributed by atoms with van der Waals surface area (Å²) in [4.78, 5) is 27.9. The molecule has 2 aromatic carbocycles. The lowest BCUT2D eigenvalue weighted by molar-refractivity contribution is -0.141. The molecule has 0 aliphatic rings. The van der Waals surface area contributed by atoms with Crippen LogP contribution in [0.2, 0.25) is 10.0 Å². The molecule has 0 radical (unpaired) electrons. The molecule has 34 heavy (non-hydrogen) atoms. The summed E-state index contributed by atoms with van der Waals surface area (Å²) in [5.74, 6) is 1.19. The van der Waals surface area contributed by atoms with Gasteiger partial charge in [0.15, 0.2) is 0 Å². The normalized spacial score (nSPS) is 12.5. The fourth-order valence-corrected chi connectivity index (χ4v) is 3.74. The van der Waals surface area contributed by atoms with Gasteiger partial charge < -0.3 is 19.7 Å². The first-order chi connectivity index (χ1) is 16.3. The zero-order valence-corrected chi connectivity index (χ0v) is 21.8. The van der Waals surface area contributed by atoms with Gasteiger partial charge in [-0.25, -0.2) is 0 Å². The lowest BCUT2D eigenvalue weighted by atomic mass is 10.1. The maximum atomic E-state index is 13.3. The highest BCUT2D eigenvalue weighted by Crippen LogP contribution is 2.24. The van der Waals surface area contributed by atoms with Gasteiger partial charge in [-0.15, -0.1) is 0 Å². The summed E-state index contributed by atoms with van der Waals surface area (Å²) in [6.07, 6.45) is 2.08. The van der Waals surface area contributed by atoms with Gasteiger partial charge in [0.25, 0.3) is 0 Å². The average Bonchev–Trinajstić information content (AvgIpc) is 2.84. The van der Waals surface area contributed by atoms with Crippen molar-refractivity contribution in [3.05, 3.63) is 58.1 Å². The summed E-state index contributed by atoms with van der Waals surface area (Å²) in [6.45, 7) is 6.51. The van der Waals surface area contributed by atoms with E-state index in [2.05, 4.69) is 5.32 Å². The van der Waals surface area contributed by atoms with E-state index in [-0.39, 0.29) is 30.8 Å². The number of hydrogen-bond acceptors (Lipinski definition) is 4. The number of ether oxygens (including phenoxy) is 2. The van der Waals surface area contributed by atoms with Crippen molar-refractivity contribution in [3.8, 4) is 11.5 Å². The minimum Gasteiger partial charge on any atom is -0.497 e. The summed E-state index contributed by atoms with van der Waals surface area (Å²) in [6, 6.07) is 12.0. The fraction of sp³-hybridized carbons (Fsp3) is 0.462. The molecule has 0 aromatic heterocycles. The molecule has 2 amide bonds. The van der Waals surface area contributed by atoms with Crippen LogP contribution in [0.5, 0.6) is 11.5 Å². The van der Waals surface area contributed by atoms with Crippen LogP contribution >= 0.6 is 23.2 Å². The highest BCUT2D eigenvalue weighted by molar-refractivity contribution is 6.42. The van der Waals surface area contributed by atoms with Crippen LogP contribution in [-0.2, 0) is 16.1 Å². The second-order valence-electron chi connectivity index (χ2n) is 8.14. The maximum absolute atomic E-state index is 13.3. The van der Waals surface area contributed by atoms with Crippen LogP contribution in [0, 0.1) is 0 Å². The molecular weight excluding hydrogens is 475 g/mol. The Hall–Kier alpha value is -2.44. The van der Waals surface area contributed by atoms with E-state index in [0.717, 1.165) is 17.7 Å². The van der Waals surface area contributed by atoms with E-state index in [9.17, 15) is 9.59 Å². The molecule has 0 fully saturated rings. The van der Waals surface area contributed by atoms with E-state index in [1.165, 1.54) is 0 Å². The number of halogens is 2. The molecule has 1 N–H and O–H groups in total. The first-order valence-electron chi connectivity index (χ1n) is 11.6. The Morgan fingerprint density at radius 2 is 1.68 bits per heavy atom. The maximum Gasteiger partial charge on any atom is 0.243 e. The van der Waals surface area contributed by atoms with E-state index in [0.29, 0.717) is 35.2 Å². The molecule has 0 unspecified atom stereocenters. The zero-order chi connectivity index (χ0) is 25.1. The summed E-state index contributed by atoms with van der Waals surface area (Å²) in [5.41, 5.74) is 0.812. The SMILES string of the molecule is CC[C@H](C(=O)N[C@@H](C)CC)N(Cc1ccc(Cl)c(Cl)c1)C(=O)CCCOc1ccc(OC)cc1. The molecule has 0 aliphatic carbocycles. The van der Waals surface area contributed by atoms with Crippen molar-refractivity contribution in [2.24, 2.45) is 0 Å². The Morgan fingerprint density at radius 1 is 1.00 bits per heavy atom. The molecule has 0 spiro atoms. The molecular formula is C26H34Cl2N2O4. The molecule has 0 saturated heterocycles. The standard InChI is InChI=1S/C26H34Cl2N2O4/c1-5-18(3)29-26(32)24(6-2)30(17-19-9-14-22(27)23(28)16-19)25(31)8-7-15-34-21-12-10-20(33-4)11-13-21/h9-14,16,18,24H,5-8,15,17H2,1-4H3,(H,29,32)/t18-,24+/m0/s1. The van der Waals surface area contributed by atoms with Gasteiger partial charge >= 0.3 is 0 Å². The summed E-state index contributed by atoms with van der Waals surface area (Å²) >= 11 is 12.2. The predicted octanol–water partition coefficient (Wildman–Crippen LogP) is 5.88. The summed E-state index contributed by atoms with van der Waals surface area (Å²) in [7, 11) is 1.61. The smallest absolute Gasteiger partial charge is 0.243 e. The van der Waals surface area contributed by atoms with Crippen molar-refractivity contribution in [3.63, 3.8) is 0 Å². The third-order valence-electron chi connectivity index (χ3n) is 5.59. The predicted molar refractivity (Wildman–Crippen MR) is 137 cm³/mol. The van der Waals surface area contributed by atoms with Crippen LogP contribution in [0.25, 0.3) is 0 Å². The third kappa shape index (κ3) is 8.41. The molecule has 0 saturated carbocycles. The number of rotatable bonds is 13. The minimum absolute atomic E-state index is 0.0291. The largest absolute Gasteiger partial charge is 0.497 e. The molecule has 0 heterocycles. The number of hydrogen-bond donors (Lipinski definition) is 1. The van der Waals surface area contributed by atoms with Crippen molar-refractivity contribution in [1.82, 2.24) is 10.2 Å². The summed E-state index contributed by atoms with van der Waals surface area (Å²) < 4.78 is 10.9. The Kier molecular flexibility index (Phi) is 11.5. The van der Waals surface area contributed by atoms with E-state index < -0.39 is 6.04 Å². The molecule has 2 atom stereocenters. The van der Waals surface area contributed by atoms with Gasteiger partial charge in [0, 0.05) is 19.0 Å². The van der Waals surface area contributed by atoms with Crippen molar-refractivity contribution in [1.29, 1.82) is 0 Å². The van der Waals surface area contributed by atoms with Crippen molar-refractivity contribution < 1.29 is 19.1 Å². The second kappa shape index (κ2) is 14.1. The molecule has 0 bridgehead atoms. The molecule has 6 nitrogen and oxygen atoms in total. The first-order valence-corrected chi connectivity index (χ1v) is 12.3. The van der Waals surface area contributed by atoms with E-state index in [1.807, 2.05) is 51.1 Å². The molecule has 2 aromatic rings. The highest BCUT2D eigenvalue weighted by atomic mass is 35.5. The van der Waals surface area contributed by atoms with Gasteiger partial charge in [-0.05, 0) is 68.1 Å². The third-order valence-corrected chi connectivity index (χ3v) is 6.33. The average molecular weight is 509 g/mol. The quantitative estimate of drug-likeness (QED) is 0.343. The van der Waals surface area contributed by atoms with Gasteiger partial charge in [-0.1, -0.05) is 43.1 Å². The molecule has 186 valence electrons.